The van der Waals surface area contributed by atoms with Crippen LogP contribution in [0.3, 0.4) is 0 Å². The van der Waals surface area contributed by atoms with Crippen LogP contribution < -0.4 is 10.2 Å². The molecule has 6 heteroatoms. The van der Waals surface area contributed by atoms with Crippen molar-refractivity contribution in [2.45, 2.75) is 19.4 Å². The van der Waals surface area contributed by atoms with E-state index in [0.29, 0.717) is 29.7 Å². The molecule has 1 N–H and O–H groups in total. The summed E-state index contributed by atoms with van der Waals surface area (Å²) in [6.07, 6.45) is 5.81. The minimum atomic E-state index is -0.0169. The maximum absolute atomic E-state index is 13.2. The van der Waals surface area contributed by atoms with E-state index in [1.165, 1.54) is 5.69 Å². The Kier molecular flexibility index (Phi) is 6.31. The molecule has 0 radical (unpaired) electrons. The fraction of sp³-hybridized carbons (Fsp3) is 0.259. The highest BCUT2D eigenvalue weighted by Gasteiger charge is 2.21. The quantitative estimate of drug-likeness (QED) is 0.421. The lowest BCUT2D eigenvalue weighted by molar-refractivity contribution is 0.0936. The summed E-state index contributed by atoms with van der Waals surface area (Å²) < 4.78 is 2.10. The predicted molar refractivity (Wildman–Crippen MR) is 134 cm³/mol. The van der Waals surface area contributed by atoms with Crippen LogP contribution in [0, 0.1) is 5.92 Å². The second-order valence-electron chi connectivity index (χ2n) is 8.65. The van der Waals surface area contributed by atoms with E-state index in [2.05, 4.69) is 44.0 Å². The van der Waals surface area contributed by atoms with Crippen molar-refractivity contribution in [2.75, 3.05) is 24.5 Å². The number of para-hydroxylation sites is 1. The van der Waals surface area contributed by atoms with Gasteiger partial charge in [0.05, 0.1) is 0 Å². The zero-order chi connectivity index (χ0) is 22.6. The second kappa shape index (κ2) is 9.67. The van der Waals surface area contributed by atoms with Gasteiger partial charge in [-0.1, -0.05) is 41.9 Å². The van der Waals surface area contributed by atoms with E-state index < -0.39 is 0 Å². The summed E-state index contributed by atoms with van der Waals surface area (Å²) in [5.74, 6) is 0.470. The molecule has 0 spiro atoms. The topological polar surface area (TPSA) is 50.2 Å². The van der Waals surface area contributed by atoms with Crippen molar-refractivity contribution in [1.29, 1.82) is 0 Å². The Bertz CT molecular complexity index is 1230. The van der Waals surface area contributed by atoms with Gasteiger partial charge in [0.1, 0.15) is 5.69 Å². The number of nitrogens with one attached hydrogen (secondary N) is 1. The monoisotopic (exact) mass is 458 g/mol. The first-order valence-electron chi connectivity index (χ1n) is 11.4. The first-order valence-corrected chi connectivity index (χ1v) is 11.8. The lowest BCUT2D eigenvalue weighted by Crippen LogP contribution is -2.39. The molecule has 3 heterocycles. The molecular formula is C27H27ClN4O. The number of anilines is 1. The second-order valence-corrected chi connectivity index (χ2v) is 9.08. The molecule has 0 aliphatic carbocycles. The SMILES string of the molecule is O=C(NCC1CCN(c2ccncc2)CC1)c1cc2ccccc2n1Cc1ccc(Cl)cc1. The third-order valence-corrected chi connectivity index (χ3v) is 6.74. The maximum atomic E-state index is 13.2. The van der Waals surface area contributed by atoms with Crippen molar-refractivity contribution in [1.82, 2.24) is 14.9 Å². The minimum Gasteiger partial charge on any atom is -0.371 e. The number of fused-ring (bicyclic) bond motifs is 1. The number of rotatable bonds is 6. The van der Waals surface area contributed by atoms with Crippen molar-refractivity contribution in [3.05, 3.63) is 95.4 Å². The number of halogens is 1. The van der Waals surface area contributed by atoms with Gasteiger partial charge in [-0.15, -0.1) is 0 Å². The Hall–Kier alpha value is -3.31. The number of carbonyl (C=O) groups is 1. The molecule has 5 rings (SSSR count). The van der Waals surface area contributed by atoms with Gasteiger partial charge in [0.25, 0.3) is 5.91 Å². The molecule has 168 valence electrons. The standard InChI is InChI=1S/C27H27ClN4O/c28-23-7-5-21(6-8-23)19-32-25-4-2-1-3-22(25)17-26(32)27(33)30-18-20-11-15-31(16-12-20)24-9-13-29-14-10-24/h1-10,13-14,17,20H,11-12,15-16,18-19H2,(H,30,33). The fourth-order valence-corrected chi connectivity index (χ4v) is 4.74. The van der Waals surface area contributed by atoms with E-state index in [4.69, 9.17) is 11.6 Å². The molecule has 0 unspecified atom stereocenters. The van der Waals surface area contributed by atoms with Gasteiger partial charge in [-0.2, -0.15) is 0 Å². The summed E-state index contributed by atoms with van der Waals surface area (Å²) in [7, 11) is 0. The van der Waals surface area contributed by atoms with Crippen molar-refractivity contribution in [2.24, 2.45) is 5.92 Å². The van der Waals surface area contributed by atoms with Gasteiger partial charge in [-0.25, -0.2) is 0 Å². The largest absolute Gasteiger partial charge is 0.371 e. The zero-order valence-corrected chi connectivity index (χ0v) is 19.2. The lowest BCUT2D eigenvalue weighted by Gasteiger charge is -2.33. The van der Waals surface area contributed by atoms with E-state index in [0.717, 1.165) is 42.4 Å². The van der Waals surface area contributed by atoms with Gasteiger partial charge in [0.2, 0.25) is 0 Å². The Labute approximate surface area is 199 Å². The van der Waals surface area contributed by atoms with Crippen LogP contribution in [-0.2, 0) is 6.54 Å². The van der Waals surface area contributed by atoms with Gasteiger partial charge < -0.3 is 14.8 Å². The van der Waals surface area contributed by atoms with Crippen LogP contribution in [0.1, 0.15) is 28.9 Å². The molecule has 0 saturated carbocycles. The Morgan fingerprint density at radius 3 is 2.48 bits per heavy atom. The van der Waals surface area contributed by atoms with Crippen LogP contribution in [0.15, 0.2) is 79.1 Å². The average molecular weight is 459 g/mol. The number of pyridine rings is 1. The van der Waals surface area contributed by atoms with Crippen LogP contribution in [0.5, 0.6) is 0 Å². The molecular weight excluding hydrogens is 432 g/mol. The van der Waals surface area contributed by atoms with E-state index in [9.17, 15) is 4.79 Å². The molecule has 5 nitrogen and oxygen atoms in total. The molecule has 1 aliphatic heterocycles. The summed E-state index contributed by atoms with van der Waals surface area (Å²) in [5.41, 5.74) is 4.08. The van der Waals surface area contributed by atoms with Crippen LogP contribution >= 0.6 is 11.6 Å². The normalized spacial score (nSPS) is 14.5. The smallest absolute Gasteiger partial charge is 0.267 e. The third-order valence-electron chi connectivity index (χ3n) is 6.49. The van der Waals surface area contributed by atoms with Gasteiger partial charge in [-0.05, 0) is 60.7 Å². The average Bonchev–Trinajstić information content (AvgIpc) is 3.23. The van der Waals surface area contributed by atoms with Crippen molar-refractivity contribution in [3.63, 3.8) is 0 Å². The number of nitrogens with zero attached hydrogens (tertiary/aromatic N) is 3. The molecule has 1 amide bonds. The molecule has 4 aromatic rings. The molecule has 1 saturated heterocycles. The first kappa shape index (κ1) is 21.5. The van der Waals surface area contributed by atoms with Crippen LogP contribution in [0.25, 0.3) is 10.9 Å². The number of piperidine rings is 1. The number of amides is 1. The van der Waals surface area contributed by atoms with E-state index in [-0.39, 0.29) is 5.91 Å². The van der Waals surface area contributed by atoms with Gasteiger partial charge in [0.15, 0.2) is 0 Å². The summed E-state index contributed by atoms with van der Waals surface area (Å²) in [4.78, 5) is 19.7. The molecule has 2 aromatic carbocycles. The molecule has 0 bridgehead atoms. The highest BCUT2D eigenvalue weighted by atomic mass is 35.5. The van der Waals surface area contributed by atoms with Crippen LogP contribution in [0.4, 0.5) is 5.69 Å². The molecule has 1 aliphatic rings. The van der Waals surface area contributed by atoms with Gasteiger partial charge in [0, 0.05) is 60.2 Å². The molecule has 0 atom stereocenters. The van der Waals surface area contributed by atoms with Gasteiger partial charge in [-0.3, -0.25) is 9.78 Å². The highest BCUT2D eigenvalue weighted by Crippen LogP contribution is 2.24. The van der Waals surface area contributed by atoms with Crippen LogP contribution in [0.2, 0.25) is 5.02 Å². The number of benzene rings is 2. The summed E-state index contributed by atoms with van der Waals surface area (Å²) >= 11 is 6.05. The molecule has 2 aromatic heterocycles. The lowest BCUT2D eigenvalue weighted by atomic mass is 9.96. The third kappa shape index (κ3) is 4.88. The van der Waals surface area contributed by atoms with Crippen LogP contribution in [-0.4, -0.2) is 35.1 Å². The number of hydrogen-bond donors (Lipinski definition) is 1. The highest BCUT2D eigenvalue weighted by molar-refractivity contribution is 6.30. The summed E-state index contributed by atoms with van der Waals surface area (Å²) in [6.45, 7) is 3.33. The first-order chi connectivity index (χ1) is 16.2. The predicted octanol–water partition coefficient (Wildman–Crippen LogP) is 5.38. The number of hydrogen-bond acceptors (Lipinski definition) is 3. The Morgan fingerprint density at radius 2 is 1.73 bits per heavy atom. The number of aromatic nitrogens is 2. The van der Waals surface area contributed by atoms with Crippen molar-refractivity contribution in [3.8, 4) is 0 Å². The van der Waals surface area contributed by atoms with Crippen molar-refractivity contribution < 1.29 is 4.79 Å². The summed E-state index contributed by atoms with van der Waals surface area (Å²) in [6, 6.07) is 22.0. The fourth-order valence-electron chi connectivity index (χ4n) is 4.62. The van der Waals surface area contributed by atoms with E-state index in [1.54, 1.807) is 0 Å². The van der Waals surface area contributed by atoms with E-state index >= 15 is 0 Å². The Morgan fingerprint density at radius 1 is 1.00 bits per heavy atom. The summed E-state index contributed by atoms with van der Waals surface area (Å²) in [5, 5.41) is 4.99. The van der Waals surface area contributed by atoms with E-state index in [1.807, 2.05) is 54.9 Å². The number of carbonyl (C=O) groups excluding carboxylic acids is 1. The molecule has 1 fully saturated rings. The zero-order valence-electron chi connectivity index (χ0n) is 18.5. The Balaban J connectivity index is 1.26. The maximum Gasteiger partial charge on any atom is 0.267 e. The minimum absolute atomic E-state index is 0.0169. The molecule has 33 heavy (non-hydrogen) atoms. The van der Waals surface area contributed by atoms with Gasteiger partial charge >= 0.3 is 0 Å². The van der Waals surface area contributed by atoms with Crippen molar-refractivity contribution >= 4 is 34.1 Å².